The van der Waals surface area contributed by atoms with Gasteiger partial charge < -0.3 is 43.0 Å². The van der Waals surface area contributed by atoms with E-state index in [4.69, 9.17) is 32.4 Å². The van der Waals surface area contributed by atoms with E-state index in [1.807, 2.05) is 18.2 Å². The van der Waals surface area contributed by atoms with Gasteiger partial charge in [0.15, 0.2) is 23.4 Å². The molecule has 0 heterocycles. The molecule has 12 nitrogen and oxygen atoms in total. The quantitative estimate of drug-likeness (QED) is 0.0392. The monoisotopic (exact) mass is 617 g/mol. The molecule has 250 valence electrons. The Hall–Kier alpha value is -3.51. The number of carbonyl (C=O) groups excluding carboxylic acids is 1. The molecular formula is C32H59N9O3. The number of allylic oxidation sites excluding steroid dienone is 2. The predicted molar refractivity (Wildman–Crippen MR) is 182 cm³/mol. The van der Waals surface area contributed by atoms with Crippen molar-refractivity contribution in [2.24, 2.45) is 38.8 Å². The van der Waals surface area contributed by atoms with Gasteiger partial charge in [0.05, 0.1) is 26.8 Å². The first kappa shape index (κ1) is 38.5. The molecule has 0 aliphatic carbocycles. The minimum atomic E-state index is 0.0772. The molecule has 1 amide bonds. The average molecular weight is 618 g/mol. The summed E-state index contributed by atoms with van der Waals surface area (Å²) in [7, 11) is 1.64. The highest BCUT2D eigenvalue weighted by molar-refractivity contribution is 5.76. The van der Waals surface area contributed by atoms with E-state index in [1.165, 1.54) is 0 Å². The molecule has 1 rings (SSSR count). The lowest BCUT2D eigenvalue weighted by Crippen LogP contribution is -2.37. The van der Waals surface area contributed by atoms with Crippen LogP contribution in [0.1, 0.15) is 70.8 Å². The van der Waals surface area contributed by atoms with Gasteiger partial charge >= 0.3 is 0 Å². The number of amides is 1. The fraction of sp³-hybridized carbons (Fsp3) is 0.656. The maximum atomic E-state index is 12.2. The van der Waals surface area contributed by atoms with Crippen molar-refractivity contribution in [1.29, 1.82) is 0 Å². The van der Waals surface area contributed by atoms with Crippen molar-refractivity contribution in [3.8, 4) is 11.5 Å². The summed E-state index contributed by atoms with van der Waals surface area (Å²) in [6, 6.07) is 5.83. The Morgan fingerprint density at radius 3 is 2.27 bits per heavy atom. The van der Waals surface area contributed by atoms with E-state index in [-0.39, 0.29) is 17.8 Å². The number of hydrogen-bond donors (Lipinski definition) is 6. The summed E-state index contributed by atoms with van der Waals surface area (Å²) in [4.78, 5) is 22.5. The van der Waals surface area contributed by atoms with Crippen molar-refractivity contribution >= 4 is 17.8 Å². The lowest BCUT2D eigenvalue weighted by atomic mass is 10.1. The molecular weight excluding hydrogens is 558 g/mol. The number of nitrogens with one attached hydrogen (secondary N) is 2. The lowest BCUT2D eigenvalue weighted by molar-refractivity contribution is -0.121. The second-order valence-electron chi connectivity index (χ2n) is 11.1. The number of aliphatic imine (C=N–C) groups is 2. The highest BCUT2D eigenvalue weighted by atomic mass is 16.5. The predicted octanol–water partition coefficient (Wildman–Crippen LogP) is 2.46. The summed E-state index contributed by atoms with van der Waals surface area (Å²) in [5.74, 6) is 2.25. The van der Waals surface area contributed by atoms with Crippen molar-refractivity contribution in [2.45, 2.75) is 71.8 Å². The second-order valence-corrected chi connectivity index (χ2v) is 11.1. The SMILES string of the molecule is COc1cc(CNC(=O)CCCC/C=C/C(C)C)ccc1OCCCCCCNCCN(CCN=C(N)N)CCN=C(N)N. The fourth-order valence-corrected chi connectivity index (χ4v) is 4.37. The van der Waals surface area contributed by atoms with E-state index >= 15 is 0 Å². The Morgan fingerprint density at radius 2 is 1.61 bits per heavy atom. The number of carbonyl (C=O) groups is 1. The van der Waals surface area contributed by atoms with E-state index in [0.29, 0.717) is 44.3 Å². The summed E-state index contributed by atoms with van der Waals surface area (Å²) >= 11 is 0. The van der Waals surface area contributed by atoms with E-state index in [2.05, 4.69) is 51.5 Å². The first-order valence-electron chi connectivity index (χ1n) is 16.0. The highest BCUT2D eigenvalue weighted by Crippen LogP contribution is 2.28. The summed E-state index contributed by atoms with van der Waals surface area (Å²) in [5, 5.41) is 6.51. The topological polar surface area (TPSA) is 192 Å². The number of guanidine groups is 2. The molecule has 1 aromatic carbocycles. The normalized spacial score (nSPS) is 11.2. The van der Waals surface area contributed by atoms with Gasteiger partial charge in [0, 0.05) is 39.1 Å². The van der Waals surface area contributed by atoms with Gasteiger partial charge in [0.2, 0.25) is 5.91 Å². The molecule has 0 spiro atoms. The van der Waals surface area contributed by atoms with Gasteiger partial charge in [-0.05, 0) is 62.3 Å². The van der Waals surface area contributed by atoms with Gasteiger partial charge in [-0.25, -0.2) is 0 Å². The zero-order chi connectivity index (χ0) is 32.4. The van der Waals surface area contributed by atoms with Gasteiger partial charge in [-0.15, -0.1) is 0 Å². The minimum absolute atomic E-state index is 0.0772. The standard InChI is InChI=1S/C32H59N9O3/c1-26(2)12-8-4-5-9-13-30(42)40-25-27-14-15-28(29(24-27)43-3)44-23-11-7-6-10-16-37-17-20-41(21-18-38-31(33)34)22-19-39-32(35)36/h8,12,14-15,24,26,37H,4-7,9-11,13,16-23,25H2,1-3H3,(H,40,42)(H4,33,34,38)(H4,35,36,39)/b12-8+. The number of rotatable bonds is 26. The molecule has 0 atom stereocenters. The minimum Gasteiger partial charge on any atom is -0.493 e. The van der Waals surface area contributed by atoms with Crippen molar-refractivity contribution in [3.63, 3.8) is 0 Å². The Balaban J connectivity index is 2.21. The van der Waals surface area contributed by atoms with Crippen LogP contribution in [0.4, 0.5) is 0 Å². The van der Waals surface area contributed by atoms with Crippen LogP contribution in [0, 0.1) is 5.92 Å². The van der Waals surface area contributed by atoms with Gasteiger partial charge in [-0.1, -0.05) is 44.9 Å². The molecule has 0 radical (unpaired) electrons. The summed E-state index contributed by atoms with van der Waals surface area (Å²) in [5.41, 5.74) is 22.7. The smallest absolute Gasteiger partial charge is 0.220 e. The van der Waals surface area contributed by atoms with Crippen molar-refractivity contribution < 1.29 is 14.3 Å². The van der Waals surface area contributed by atoms with Gasteiger partial charge in [-0.3, -0.25) is 19.7 Å². The molecule has 0 aliphatic rings. The van der Waals surface area contributed by atoms with Crippen molar-refractivity contribution in [2.75, 3.05) is 59.5 Å². The van der Waals surface area contributed by atoms with Crippen LogP contribution in [-0.4, -0.2) is 82.3 Å². The van der Waals surface area contributed by atoms with E-state index in [0.717, 1.165) is 89.0 Å². The number of methoxy groups -OCH3 is 1. The molecule has 0 saturated carbocycles. The number of unbranched alkanes of at least 4 members (excludes halogenated alkanes) is 5. The summed E-state index contributed by atoms with van der Waals surface area (Å²) in [6.07, 6.45) is 12.2. The Labute approximate surface area is 265 Å². The van der Waals surface area contributed by atoms with Gasteiger partial charge in [-0.2, -0.15) is 0 Å². The van der Waals surface area contributed by atoms with Crippen LogP contribution in [0.2, 0.25) is 0 Å². The maximum absolute atomic E-state index is 12.2. The molecule has 0 fully saturated rings. The van der Waals surface area contributed by atoms with Crippen LogP contribution in [-0.2, 0) is 11.3 Å². The average Bonchev–Trinajstić information content (AvgIpc) is 2.98. The largest absolute Gasteiger partial charge is 0.493 e. The molecule has 0 unspecified atom stereocenters. The van der Waals surface area contributed by atoms with Crippen LogP contribution in [0.15, 0.2) is 40.3 Å². The lowest BCUT2D eigenvalue weighted by Gasteiger charge is -2.20. The van der Waals surface area contributed by atoms with Gasteiger partial charge in [0.25, 0.3) is 0 Å². The molecule has 10 N–H and O–H groups in total. The Morgan fingerprint density at radius 1 is 0.909 bits per heavy atom. The molecule has 12 heteroatoms. The van der Waals surface area contributed by atoms with Gasteiger partial charge in [0.1, 0.15) is 0 Å². The van der Waals surface area contributed by atoms with Crippen LogP contribution in [0.25, 0.3) is 0 Å². The Kier molecular flexibility index (Phi) is 21.8. The number of ether oxygens (including phenoxy) is 2. The molecule has 1 aromatic rings. The third kappa shape index (κ3) is 21.2. The highest BCUT2D eigenvalue weighted by Gasteiger charge is 2.08. The van der Waals surface area contributed by atoms with Crippen LogP contribution < -0.4 is 43.0 Å². The molecule has 0 saturated heterocycles. The number of nitrogens with zero attached hydrogens (tertiary/aromatic N) is 3. The third-order valence-corrected chi connectivity index (χ3v) is 6.79. The summed E-state index contributed by atoms with van der Waals surface area (Å²) < 4.78 is 11.5. The van der Waals surface area contributed by atoms with E-state index in [1.54, 1.807) is 7.11 Å². The van der Waals surface area contributed by atoms with Crippen LogP contribution >= 0.6 is 0 Å². The number of hydrogen-bond acceptors (Lipinski definition) is 7. The fourth-order valence-electron chi connectivity index (χ4n) is 4.37. The van der Waals surface area contributed by atoms with Crippen LogP contribution in [0.3, 0.4) is 0 Å². The summed E-state index contributed by atoms with van der Waals surface area (Å²) in [6.45, 7) is 10.7. The van der Waals surface area contributed by atoms with E-state index < -0.39 is 0 Å². The number of benzene rings is 1. The molecule has 44 heavy (non-hydrogen) atoms. The second kappa shape index (κ2) is 24.9. The first-order chi connectivity index (χ1) is 21.2. The van der Waals surface area contributed by atoms with Crippen molar-refractivity contribution in [1.82, 2.24) is 15.5 Å². The molecule has 0 aliphatic heterocycles. The van der Waals surface area contributed by atoms with E-state index in [9.17, 15) is 4.79 Å². The zero-order valence-electron chi connectivity index (χ0n) is 27.4. The Bertz CT molecular complexity index is 969. The van der Waals surface area contributed by atoms with Crippen molar-refractivity contribution in [3.05, 3.63) is 35.9 Å². The maximum Gasteiger partial charge on any atom is 0.220 e. The molecule has 0 aromatic heterocycles. The third-order valence-electron chi connectivity index (χ3n) is 6.79. The molecule has 0 bridgehead atoms. The first-order valence-corrected chi connectivity index (χ1v) is 16.0. The van der Waals surface area contributed by atoms with Crippen LogP contribution in [0.5, 0.6) is 11.5 Å². The zero-order valence-corrected chi connectivity index (χ0v) is 27.4. The number of nitrogens with two attached hydrogens (primary N) is 4.